The van der Waals surface area contributed by atoms with E-state index in [4.69, 9.17) is 9.47 Å². The number of rotatable bonds is 12. The maximum absolute atomic E-state index is 14.1. The molecule has 0 spiro atoms. The van der Waals surface area contributed by atoms with Gasteiger partial charge in [-0.05, 0) is 40.0 Å². The summed E-state index contributed by atoms with van der Waals surface area (Å²) >= 11 is 0. The van der Waals surface area contributed by atoms with E-state index in [1.807, 2.05) is 0 Å². The Balaban J connectivity index is 0.00000529. The summed E-state index contributed by atoms with van der Waals surface area (Å²) in [5.74, 6) is -12.0. The first-order chi connectivity index (χ1) is 20.6. The number of carbonyl (C=O) groups is 4. The summed E-state index contributed by atoms with van der Waals surface area (Å²) in [5.41, 5.74) is -1.72. The van der Waals surface area contributed by atoms with E-state index in [1.54, 1.807) is 27.7 Å². The number of hydrogen-bond acceptors (Lipinski definition) is 8. The fraction of sp³-hybridized carbons (Fsp3) is 0.500. The molecular formula is C28H37F4N5O7. The van der Waals surface area contributed by atoms with Gasteiger partial charge in [0.25, 0.3) is 5.56 Å². The zero-order valence-electron chi connectivity index (χ0n) is 24.5. The SMILES string of the molecule is CCCC(C(=O)NC(CC1CCNC1=O)C(=O)COc1c(F)c(F)cc(F)c1F)n1ccnc(NC(=O)OC(C)(C)C)c1=O.[HH].[HH]. The number of nitrogens with one attached hydrogen (secondary N) is 3. The van der Waals surface area contributed by atoms with Gasteiger partial charge in [-0.15, -0.1) is 0 Å². The first-order valence-electron chi connectivity index (χ1n) is 13.8. The van der Waals surface area contributed by atoms with Crippen molar-refractivity contribution in [3.8, 4) is 5.75 Å². The predicted molar refractivity (Wildman–Crippen MR) is 151 cm³/mol. The highest BCUT2D eigenvalue weighted by molar-refractivity contribution is 5.92. The largest absolute Gasteiger partial charge is 0.479 e. The molecule has 2 aromatic rings. The van der Waals surface area contributed by atoms with Crippen LogP contribution in [0.15, 0.2) is 23.3 Å². The molecule has 0 saturated carbocycles. The molecule has 1 aromatic carbocycles. The van der Waals surface area contributed by atoms with Crippen molar-refractivity contribution in [3.05, 3.63) is 52.1 Å². The summed E-state index contributed by atoms with van der Waals surface area (Å²) in [6.45, 7) is 5.78. The van der Waals surface area contributed by atoms with Crippen LogP contribution >= 0.6 is 0 Å². The number of ether oxygens (including phenoxy) is 2. The maximum Gasteiger partial charge on any atom is 0.413 e. The molecule has 3 unspecified atom stereocenters. The fourth-order valence-electron chi connectivity index (χ4n) is 4.44. The number of carbonyl (C=O) groups excluding carboxylic acids is 4. The number of Topliss-reactive ketones (excluding diaryl/α,β-unsaturated/α-hetero) is 1. The number of halogens is 4. The molecule has 2 heterocycles. The van der Waals surface area contributed by atoms with Crippen LogP contribution in [0.4, 0.5) is 28.2 Å². The lowest BCUT2D eigenvalue weighted by atomic mass is 9.95. The van der Waals surface area contributed by atoms with Gasteiger partial charge < -0.3 is 20.1 Å². The van der Waals surface area contributed by atoms with Gasteiger partial charge in [0.2, 0.25) is 29.3 Å². The Morgan fingerprint density at radius 3 is 2.39 bits per heavy atom. The lowest BCUT2D eigenvalue weighted by molar-refractivity contribution is -0.132. The van der Waals surface area contributed by atoms with Crippen LogP contribution in [0.2, 0.25) is 0 Å². The third kappa shape index (κ3) is 8.54. The Labute approximate surface area is 252 Å². The molecule has 12 nitrogen and oxygen atoms in total. The number of anilines is 1. The molecule has 1 aliphatic heterocycles. The van der Waals surface area contributed by atoms with E-state index in [-0.39, 0.29) is 21.8 Å². The summed E-state index contributed by atoms with van der Waals surface area (Å²) in [4.78, 5) is 68.2. The van der Waals surface area contributed by atoms with E-state index < -0.39 is 94.3 Å². The normalized spacial score (nSPS) is 16.1. The van der Waals surface area contributed by atoms with Crippen LogP contribution in [-0.2, 0) is 19.1 Å². The molecule has 1 aliphatic rings. The summed E-state index contributed by atoms with van der Waals surface area (Å²) in [7, 11) is 0. The summed E-state index contributed by atoms with van der Waals surface area (Å²) in [6.07, 6.45) is 1.97. The summed E-state index contributed by atoms with van der Waals surface area (Å²) in [6, 6.07) is -2.71. The van der Waals surface area contributed by atoms with Gasteiger partial charge in [0.05, 0.1) is 6.04 Å². The van der Waals surface area contributed by atoms with Gasteiger partial charge in [-0.25, -0.2) is 18.6 Å². The average Bonchev–Trinajstić information content (AvgIpc) is 3.34. The molecule has 0 aliphatic carbocycles. The van der Waals surface area contributed by atoms with Crippen molar-refractivity contribution in [2.24, 2.45) is 5.92 Å². The van der Waals surface area contributed by atoms with Crippen LogP contribution in [0, 0.1) is 29.2 Å². The Hall–Kier alpha value is -4.50. The number of aromatic nitrogens is 2. The monoisotopic (exact) mass is 631 g/mol. The van der Waals surface area contributed by atoms with Gasteiger partial charge in [0.1, 0.15) is 18.2 Å². The van der Waals surface area contributed by atoms with Gasteiger partial charge in [-0.1, -0.05) is 13.3 Å². The summed E-state index contributed by atoms with van der Waals surface area (Å²) < 4.78 is 66.3. The molecule has 0 bridgehead atoms. The number of hydrogen-bond donors (Lipinski definition) is 3. The molecule has 0 radical (unpaired) electrons. The Bertz CT molecular complexity index is 1460. The number of ketones is 1. The van der Waals surface area contributed by atoms with Crippen LogP contribution in [0.3, 0.4) is 0 Å². The first kappa shape index (κ1) is 34.0. The second-order valence-electron chi connectivity index (χ2n) is 11.0. The van der Waals surface area contributed by atoms with Crippen LogP contribution in [0.1, 0.15) is 62.3 Å². The van der Waals surface area contributed by atoms with Crippen molar-refractivity contribution in [3.63, 3.8) is 0 Å². The van der Waals surface area contributed by atoms with E-state index in [0.29, 0.717) is 19.4 Å². The minimum atomic E-state index is -1.86. The topological polar surface area (TPSA) is 158 Å². The third-order valence-corrected chi connectivity index (χ3v) is 6.51. The van der Waals surface area contributed by atoms with E-state index in [0.717, 1.165) is 4.57 Å². The molecule has 16 heteroatoms. The van der Waals surface area contributed by atoms with Crippen molar-refractivity contribution in [1.82, 2.24) is 20.2 Å². The zero-order chi connectivity index (χ0) is 32.8. The van der Waals surface area contributed by atoms with Crippen molar-refractivity contribution in [2.75, 3.05) is 18.5 Å². The fourth-order valence-corrected chi connectivity index (χ4v) is 4.44. The molecule has 1 fully saturated rings. The highest BCUT2D eigenvalue weighted by atomic mass is 19.2. The van der Waals surface area contributed by atoms with Gasteiger partial charge in [-0.2, -0.15) is 8.78 Å². The lowest BCUT2D eigenvalue weighted by Crippen LogP contribution is -2.48. The summed E-state index contributed by atoms with van der Waals surface area (Å²) in [5, 5.41) is 7.31. The van der Waals surface area contributed by atoms with E-state index in [1.165, 1.54) is 12.4 Å². The molecule has 1 aromatic heterocycles. The molecular weight excluding hydrogens is 594 g/mol. The smallest absolute Gasteiger partial charge is 0.413 e. The molecule has 44 heavy (non-hydrogen) atoms. The highest BCUT2D eigenvalue weighted by Crippen LogP contribution is 2.27. The molecule has 3 atom stereocenters. The Morgan fingerprint density at radius 2 is 1.82 bits per heavy atom. The quantitative estimate of drug-likeness (QED) is 0.237. The van der Waals surface area contributed by atoms with Gasteiger partial charge >= 0.3 is 6.09 Å². The molecule has 244 valence electrons. The van der Waals surface area contributed by atoms with E-state index in [2.05, 4.69) is 20.9 Å². The van der Waals surface area contributed by atoms with Crippen LogP contribution < -0.4 is 26.2 Å². The van der Waals surface area contributed by atoms with E-state index >= 15 is 0 Å². The molecule has 1 saturated heterocycles. The van der Waals surface area contributed by atoms with Crippen molar-refractivity contribution in [2.45, 2.75) is 71.1 Å². The van der Waals surface area contributed by atoms with Crippen LogP contribution in [0.25, 0.3) is 0 Å². The highest BCUT2D eigenvalue weighted by Gasteiger charge is 2.34. The second kappa shape index (κ2) is 14.3. The van der Waals surface area contributed by atoms with Crippen molar-refractivity contribution in [1.29, 1.82) is 0 Å². The Morgan fingerprint density at radius 1 is 1.16 bits per heavy atom. The molecule has 3 N–H and O–H groups in total. The van der Waals surface area contributed by atoms with Gasteiger partial charge in [0.15, 0.2) is 23.2 Å². The van der Waals surface area contributed by atoms with Gasteiger partial charge in [-0.3, -0.25) is 29.1 Å². The molecule has 3 amide bonds. The third-order valence-electron chi connectivity index (χ3n) is 6.51. The predicted octanol–water partition coefficient (Wildman–Crippen LogP) is 3.64. The van der Waals surface area contributed by atoms with Gasteiger partial charge in [0, 0.05) is 33.8 Å². The lowest BCUT2D eigenvalue weighted by Gasteiger charge is -2.25. The van der Waals surface area contributed by atoms with Crippen LogP contribution in [0.5, 0.6) is 5.75 Å². The zero-order valence-corrected chi connectivity index (χ0v) is 24.5. The number of benzene rings is 1. The minimum Gasteiger partial charge on any atom is -0.479 e. The van der Waals surface area contributed by atoms with Crippen LogP contribution in [-0.4, -0.2) is 58.0 Å². The van der Waals surface area contributed by atoms with E-state index in [9.17, 15) is 41.5 Å². The minimum absolute atomic E-state index is 0. The number of amides is 3. The van der Waals surface area contributed by atoms with Crippen molar-refractivity contribution < 1.29 is 49.1 Å². The second-order valence-corrected chi connectivity index (χ2v) is 11.0. The standard InChI is InChI=1S/C28H33F4N5O7.2H2/c1-5-6-18(37-10-9-33-23(26(37)41)36-27(42)44-28(2,3)4)25(40)35-17(11-14-7-8-34-24(14)39)19(38)13-43-22-20(31)15(29)12-16(30)21(22)32;;/h9-10,12,14,17-18H,5-8,11,13H2,1-4H3,(H,34,39)(H,35,40)(H,33,36,42);2*1H. The maximum atomic E-state index is 14.1. The Kier molecular flexibility index (Phi) is 11.1. The number of nitrogens with zero attached hydrogens (tertiary/aromatic N) is 2. The first-order valence-corrected chi connectivity index (χ1v) is 13.8. The van der Waals surface area contributed by atoms with Crippen molar-refractivity contribution >= 4 is 29.5 Å². The average molecular weight is 632 g/mol. The molecule has 3 rings (SSSR count).